The number of nitrogens with zero attached hydrogens (tertiary/aromatic N) is 4. The molecule has 2 aromatic heterocycles. The van der Waals surface area contributed by atoms with Gasteiger partial charge in [0.25, 0.3) is 0 Å². The molecule has 0 unspecified atom stereocenters. The third-order valence-electron chi connectivity index (χ3n) is 11.0. The summed E-state index contributed by atoms with van der Waals surface area (Å²) in [5.41, 5.74) is 11.5. The zero-order valence-corrected chi connectivity index (χ0v) is 28.1. The standard InChI is InChI=1S/C45H36N4/c1-44(2)37-24-13-11-22-33(37)35-26-27-36-34-23-12-14-25-38(34)49(40(36)39(35)45(44,3)4)32-21-15-20-31(28-32)43-47-41(29-16-7-5-8-17-29)46-42(48-43)30-18-9-6-10-19-30/h5-28H,1-4H3. The minimum atomic E-state index is -0.163. The SMILES string of the molecule is CC1(C)c2ccccc2-c2ccc3c4ccccc4n(-c4cccc(-c5nc(-c6ccccc6)nc(-c6ccccc6)n5)c4)c3c2C1(C)C. The predicted octanol–water partition coefficient (Wildman–Crippen LogP) is 11.2. The molecule has 1 aliphatic carbocycles. The van der Waals surface area contributed by atoms with Gasteiger partial charge in [-0.15, -0.1) is 0 Å². The molecule has 49 heavy (non-hydrogen) atoms. The number of fused-ring (bicyclic) bond motifs is 7. The first-order valence-corrected chi connectivity index (χ1v) is 17.0. The van der Waals surface area contributed by atoms with Crippen LogP contribution in [0.3, 0.4) is 0 Å². The minimum Gasteiger partial charge on any atom is -0.309 e. The average molecular weight is 633 g/mol. The molecule has 4 heteroatoms. The van der Waals surface area contributed by atoms with Gasteiger partial charge < -0.3 is 4.57 Å². The van der Waals surface area contributed by atoms with Crippen LogP contribution in [0.15, 0.2) is 146 Å². The molecule has 0 aliphatic heterocycles. The van der Waals surface area contributed by atoms with Gasteiger partial charge in [0.05, 0.1) is 11.0 Å². The Morgan fingerprint density at radius 1 is 0.449 bits per heavy atom. The molecular formula is C45H36N4. The van der Waals surface area contributed by atoms with E-state index in [1.54, 1.807) is 0 Å². The zero-order chi connectivity index (χ0) is 33.3. The molecule has 8 aromatic rings. The molecule has 0 bridgehead atoms. The molecule has 9 rings (SSSR count). The molecule has 0 N–H and O–H groups in total. The molecule has 0 spiro atoms. The molecular weight excluding hydrogens is 597 g/mol. The fourth-order valence-electron chi connectivity index (χ4n) is 7.82. The van der Waals surface area contributed by atoms with Crippen molar-refractivity contribution in [2.45, 2.75) is 38.5 Å². The van der Waals surface area contributed by atoms with E-state index in [0.29, 0.717) is 17.5 Å². The predicted molar refractivity (Wildman–Crippen MR) is 202 cm³/mol. The topological polar surface area (TPSA) is 43.6 Å². The van der Waals surface area contributed by atoms with Crippen molar-refractivity contribution in [1.29, 1.82) is 0 Å². The summed E-state index contributed by atoms with van der Waals surface area (Å²) in [6, 6.07) is 51.4. The van der Waals surface area contributed by atoms with Crippen molar-refractivity contribution in [1.82, 2.24) is 19.5 Å². The summed E-state index contributed by atoms with van der Waals surface area (Å²) in [5.74, 6) is 1.96. The largest absolute Gasteiger partial charge is 0.309 e. The molecule has 236 valence electrons. The first-order chi connectivity index (χ1) is 23.8. The van der Waals surface area contributed by atoms with Gasteiger partial charge in [-0.05, 0) is 45.9 Å². The van der Waals surface area contributed by atoms with Crippen LogP contribution in [0.25, 0.3) is 72.8 Å². The van der Waals surface area contributed by atoms with E-state index in [1.165, 1.54) is 44.1 Å². The van der Waals surface area contributed by atoms with Gasteiger partial charge in [0.1, 0.15) is 0 Å². The van der Waals surface area contributed by atoms with Gasteiger partial charge in [0.2, 0.25) is 0 Å². The van der Waals surface area contributed by atoms with Crippen molar-refractivity contribution >= 4 is 21.8 Å². The van der Waals surface area contributed by atoms with Crippen molar-refractivity contribution in [2.75, 3.05) is 0 Å². The first-order valence-electron chi connectivity index (χ1n) is 17.0. The maximum atomic E-state index is 5.05. The summed E-state index contributed by atoms with van der Waals surface area (Å²) < 4.78 is 2.47. The number of rotatable bonds is 4. The molecule has 0 amide bonds. The Kier molecular flexibility index (Phi) is 6.47. The van der Waals surface area contributed by atoms with Crippen LogP contribution in [-0.4, -0.2) is 19.5 Å². The second kappa shape index (κ2) is 10.8. The van der Waals surface area contributed by atoms with Gasteiger partial charge in [-0.1, -0.05) is 155 Å². The average Bonchev–Trinajstić information content (AvgIpc) is 3.49. The van der Waals surface area contributed by atoms with Crippen molar-refractivity contribution in [3.63, 3.8) is 0 Å². The van der Waals surface area contributed by atoms with Crippen LogP contribution in [0.4, 0.5) is 0 Å². The van der Waals surface area contributed by atoms with Gasteiger partial charge in [0.15, 0.2) is 17.5 Å². The van der Waals surface area contributed by atoms with E-state index in [9.17, 15) is 0 Å². The fraction of sp³-hybridized carbons (Fsp3) is 0.133. The summed E-state index contributed by atoms with van der Waals surface area (Å²) in [6.45, 7) is 9.63. The monoisotopic (exact) mass is 632 g/mol. The summed E-state index contributed by atoms with van der Waals surface area (Å²) >= 11 is 0. The van der Waals surface area contributed by atoms with Crippen LogP contribution in [-0.2, 0) is 10.8 Å². The Hall–Kier alpha value is -5.87. The Morgan fingerprint density at radius 3 is 1.71 bits per heavy atom. The maximum absolute atomic E-state index is 5.05. The van der Waals surface area contributed by atoms with Crippen molar-refractivity contribution in [3.05, 3.63) is 157 Å². The third kappa shape index (κ3) is 4.40. The quantitative estimate of drug-likeness (QED) is 0.194. The lowest BCUT2D eigenvalue weighted by Crippen LogP contribution is -2.43. The zero-order valence-electron chi connectivity index (χ0n) is 28.1. The van der Waals surface area contributed by atoms with Crippen LogP contribution in [0.5, 0.6) is 0 Å². The normalized spacial score (nSPS) is 14.4. The van der Waals surface area contributed by atoms with E-state index in [2.05, 4.69) is 117 Å². The highest BCUT2D eigenvalue weighted by Crippen LogP contribution is 2.56. The van der Waals surface area contributed by atoms with Crippen LogP contribution in [0.2, 0.25) is 0 Å². The minimum absolute atomic E-state index is 0.0967. The highest BCUT2D eigenvalue weighted by molar-refractivity contribution is 6.12. The second-order valence-electron chi connectivity index (χ2n) is 14.1. The van der Waals surface area contributed by atoms with E-state index < -0.39 is 0 Å². The molecule has 0 fully saturated rings. The second-order valence-corrected chi connectivity index (χ2v) is 14.1. The van der Waals surface area contributed by atoms with Gasteiger partial charge in [-0.3, -0.25) is 0 Å². The number of para-hydroxylation sites is 1. The fourth-order valence-corrected chi connectivity index (χ4v) is 7.82. The van der Waals surface area contributed by atoms with Gasteiger partial charge >= 0.3 is 0 Å². The van der Waals surface area contributed by atoms with Crippen molar-refractivity contribution in [2.24, 2.45) is 0 Å². The molecule has 2 heterocycles. The Morgan fingerprint density at radius 2 is 1.02 bits per heavy atom. The summed E-state index contributed by atoms with van der Waals surface area (Å²) in [5, 5.41) is 2.51. The van der Waals surface area contributed by atoms with E-state index in [-0.39, 0.29) is 10.8 Å². The maximum Gasteiger partial charge on any atom is 0.164 e. The lowest BCUT2D eigenvalue weighted by molar-refractivity contribution is 0.301. The summed E-state index contributed by atoms with van der Waals surface area (Å²) in [6.07, 6.45) is 0. The molecule has 6 aromatic carbocycles. The number of aromatic nitrogens is 4. The summed E-state index contributed by atoms with van der Waals surface area (Å²) in [7, 11) is 0. The number of hydrogen-bond donors (Lipinski definition) is 0. The lowest BCUT2D eigenvalue weighted by atomic mass is 9.55. The Balaban J connectivity index is 1.32. The van der Waals surface area contributed by atoms with E-state index >= 15 is 0 Å². The molecule has 1 aliphatic rings. The molecule has 0 radical (unpaired) electrons. The lowest BCUT2D eigenvalue weighted by Gasteiger charge is -2.48. The first kappa shape index (κ1) is 29.3. The van der Waals surface area contributed by atoms with Crippen LogP contribution in [0, 0.1) is 0 Å². The third-order valence-corrected chi connectivity index (χ3v) is 11.0. The Labute approximate surface area is 286 Å². The highest BCUT2D eigenvalue weighted by Gasteiger charge is 2.47. The van der Waals surface area contributed by atoms with Crippen LogP contribution >= 0.6 is 0 Å². The van der Waals surface area contributed by atoms with Gasteiger partial charge in [-0.2, -0.15) is 0 Å². The number of benzene rings is 6. The van der Waals surface area contributed by atoms with Crippen LogP contribution in [0.1, 0.15) is 38.8 Å². The van der Waals surface area contributed by atoms with Gasteiger partial charge in [0, 0.05) is 38.6 Å². The molecule has 0 saturated heterocycles. The van der Waals surface area contributed by atoms with Gasteiger partial charge in [-0.25, -0.2) is 15.0 Å². The van der Waals surface area contributed by atoms with E-state index in [0.717, 1.165) is 22.4 Å². The summed E-state index contributed by atoms with van der Waals surface area (Å²) in [4.78, 5) is 15.0. The Bertz CT molecular complexity index is 2480. The molecule has 0 atom stereocenters. The smallest absolute Gasteiger partial charge is 0.164 e. The number of hydrogen-bond acceptors (Lipinski definition) is 3. The van der Waals surface area contributed by atoms with E-state index in [1.807, 2.05) is 60.7 Å². The van der Waals surface area contributed by atoms with Crippen molar-refractivity contribution < 1.29 is 0 Å². The van der Waals surface area contributed by atoms with E-state index in [4.69, 9.17) is 15.0 Å². The highest BCUT2D eigenvalue weighted by atomic mass is 15.0. The van der Waals surface area contributed by atoms with Crippen molar-refractivity contribution in [3.8, 4) is 51.0 Å². The molecule has 4 nitrogen and oxygen atoms in total. The van der Waals surface area contributed by atoms with Crippen LogP contribution < -0.4 is 0 Å². The molecule has 0 saturated carbocycles.